The molecule has 0 saturated carbocycles. The molecule has 0 aliphatic carbocycles. The fourth-order valence-corrected chi connectivity index (χ4v) is 2.70. The van der Waals surface area contributed by atoms with E-state index in [1.54, 1.807) is 0 Å². The molecule has 0 N–H and O–H groups in total. The van der Waals surface area contributed by atoms with Crippen molar-refractivity contribution in [3.8, 4) is 6.07 Å². The van der Waals surface area contributed by atoms with Crippen molar-refractivity contribution in [3.63, 3.8) is 0 Å². The third-order valence-corrected chi connectivity index (χ3v) is 4.10. The van der Waals surface area contributed by atoms with E-state index in [-0.39, 0.29) is 24.0 Å². The first-order chi connectivity index (χ1) is 8.64. The van der Waals surface area contributed by atoms with Crippen molar-refractivity contribution in [1.29, 1.82) is 5.26 Å². The summed E-state index contributed by atoms with van der Waals surface area (Å²) < 4.78 is 0.995. The third kappa shape index (κ3) is 4.23. The molecule has 5 heteroatoms. The third-order valence-electron chi connectivity index (χ3n) is 3.78. The molecular formula is C14H19ClIN3. The van der Waals surface area contributed by atoms with Crippen molar-refractivity contribution in [3.05, 3.63) is 29.3 Å². The van der Waals surface area contributed by atoms with Crippen molar-refractivity contribution in [1.82, 2.24) is 0 Å². The standard InChI is InChI=1S/C14H19ClN3.HI/c1-18(10-4-7-16)11-8-17(9-12-18)14-6-3-2-5-13(14)15;/h2-3,5-6H,4,8-12H2,1H3;1H/q+1;/p-1. The highest BCUT2D eigenvalue weighted by atomic mass is 127. The second-order valence-electron chi connectivity index (χ2n) is 5.14. The molecule has 0 spiro atoms. The largest absolute Gasteiger partial charge is 1.00 e. The first-order valence-electron chi connectivity index (χ1n) is 6.35. The molecule has 0 amide bonds. The van der Waals surface area contributed by atoms with Gasteiger partial charge in [0.05, 0.1) is 63.0 Å². The van der Waals surface area contributed by atoms with Gasteiger partial charge in [-0.15, -0.1) is 0 Å². The zero-order chi connectivity index (χ0) is 13.0. The number of benzene rings is 1. The number of quaternary nitrogens is 1. The Labute approximate surface area is 137 Å². The van der Waals surface area contributed by atoms with Crippen LogP contribution in [-0.2, 0) is 0 Å². The number of rotatable bonds is 3. The number of hydrogen-bond acceptors (Lipinski definition) is 2. The van der Waals surface area contributed by atoms with Gasteiger partial charge in [-0.2, -0.15) is 5.26 Å². The van der Waals surface area contributed by atoms with E-state index in [1.165, 1.54) is 0 Å². The monoisotopic (exact) mass is 391 g/mol. The first kappa shape index (κ1) is 16.5. The van der Waals surface area contributed by atoms with E-state index in [2.05, 4.69) is 24.1 Å². The van der Waals surface area contributed by atoms with Crippen LogP contribution in [0.4, 0.5) is 5.69 Å². The number of piperazine rings is 1. The fourth-order valence-electron chi connectivity index (χ4n) is 2.44. The van der Waals surface area contributed by atoms with Crippen LogP contribution in [0.2, 0.25) is 5.02 Å². The number of nitriles is 1. The number of nitrogens with zero attached hydrogens (tertiary/aromatic N) is 3. The lowest BCUT2D eigenvalue weighted by atomic mass is 10.2. The molecule has 104 valence electrons. The summed E-state index contributed by atoms with van der Waals surface area (Å²) in [6, 6.07) is 10.2. The second-order valence-corrected chi connectivity index (χ2v) is 5.54. The predicted octanol–water partition coefficient (Wildman–Crippen LogP) is -0.476. The summed E-state index contributed by atoms with van der Waals surface area (Å²) in [5.41, 5.74) is 1.13. The molecule has 1 saturated heterocycles. The summed E-state index contributed by atoms with van der Waals surface area (Å²) in [6.07, 6.45) is 0.641. The maximum atomic E-state index is 8.69. The van der Waals surface area contributed by atoms with Crippen LogP contribution in [0.3, 0.4) is 0 Å². The lowest BCUT2D eigenvalue weighted by Gasteiger charge is -2.42. The second kappa shape index (κ2) is 7.32. The van der Waals surface area contributed by atoms with Crippen LogP contribution in [0.25, 0.3) is 0 Å². The average Bonchev–Trinajstić information content (AvgIpc) is 2.39. The molecule has 1 aliphatic rings. The van der Waals surface area contributed by atoms with Crippen molar-refractivity contribution < 1.29 is 28.5 Å². The highest BCUT2D eigenvalue weighted by Crippen LogP contribution is 2.27. The molecule has 1 aliphatic heterocycles. The van der Waals surface area contributed by atoms with Gasteiger partial charge < -0.3 is 33.4 Å². The zero-order valence-corrected chi connectivity index (χ0v) is 14.1. The summed E-state index contributed by atoms with van der Waals surface area (Å²) in [5, 5.41) is 9.51. The minimum Gasteiger partial charge on any atom is -1.00 e. The Kier molecular flexibility index (Phi) is 6.37. The molecule has 1 fully saturated rings. The minimum atomic E-state index is 0. The summed E-state index contributed by atoms with van der Waals surface area (Å²) >= 11 is 6.22. The van der Waals surface area contributed by atoms with Crippen molar-refractivity contribution in [2.45, 2.75) is 6.42 Å². The molecule has 3 nitrogen and oxygen atoms in total. The van der Waals surface area contributed by atoms with Crippen LogP contribution in [0.15, 0.2) is 24.3 Å². The van der Waals surface area contributed by atoms with Gasteiger partial charge in [-0.25, -0.2) is 0 Å². The topological polar surface area (TPSA) is 27.0 Å². The molecule has 0 radical (unpaired) electrons. The summed E-state index contributed by atoms with van der Waals surface area (Å²) in [4.78, 5) is 2.34. The Morgan fingerprint density at radius 3 is 2.53 bits per heavy atom. The Morgan fingerprint density at radius 1 is 1.32 bits per heavy atom. The van der Waals surface area contributed by atoms with Gasteiger partial charge in [0.25, 0.3) is 0 Å². The van der Waals surface area contributed by atoms with E-state index < -0.39 is 0 Å². The smallest absolute Gasteiger partial charge is 0.0963 e. The van der Waals surface area contributed by atoms with Gasteiger partial charge in [-0.1, -0.05) is 23.7 Å². The van der Waals surface area contributed by atoms with Crippen LogP contribution in [0.1, 0.15) is 6.42 Å². The molecule has 1 aromatic rings. The van der Waals surface area contributed by atoms with Crippen LogP contribution < -0.4 is 28.9 Å². The maximum Gasteiger partial charge on any atom is 0.0963 e. The quantitative estimate of drug-likeness (QED) is 0.514. The highest BCUT2D eigenvalue weighted by molar-refractivity contribution is 6.33. The molecule has 0 unspecified atom stereocenters. The molecule has 2 rings (SSSR count). The number of hydrogen-bond donors (Lipinski definition) is 0. The van der Waals surface area contributed by atoms with Crippen molar-refractivity contribution in [2.75, 3.05) is 44.7 Å². The van der Waals surface area contributed by atoms with Crippen LogP contribution in [0, 0.1) is 11.3 Å². The lowest BCUT2D eigenvalue weighted by Crippen LogP contribution is -3.00. The maximum absolute atomic E-state index is 8.69. The van der Waals surface area contributed by atoms with Crippen molar-refractivity contribution in [2.24, 2.45) is 0 Å². The van der Waals surface area contributed by atoms with E-state index in [1.807, 2.05) is 18.2 Å². The number of likely N-dealkylation sites (N-methyl/N-ethyl adjacent to an activating group) is 1. The van der Waals surface area contributed by atoms with Crippen LogP contribution >= 0.6 is 11.6 Å². The molecular weight excluding hydrogens is 373 g/mol. The number of para-hydroxylation sites is 1. The minimum absolute atomic E-state index is 0. The Bertz CT molecular complexity index is 450. The Balaban J connectivity index is 0.00000180. The molecule has 0 atom stereocenters. The van der Waals surface area contributed by atoms with Crippen molar-refractivity contribution >= 4 is 17.3 Å². The lowest BCUT2D eigenvalue weighted by molar-refractivity contribution is -0.909. The van der Waals surface area contributed by atoms with Crippen LogP contribution in [-0.4, -0.2) is 44.3 Å². The highest BCUT2D eigenvalue weighted by Gasteiger charge is 2.28. The summed E-state index contributed by atoms with van der Waals surface area (Å²) in [5.74, 6) is 0. The van der Waals surface area contributed by atoms with E-state index in [4.69, 9.17) is 16.9 Å². The first-order valence-corrected chi connectivity index (χ1v) is 6.72. The van der Waals surface area contributed by atoms with Gasteiger partial charge in [0.1, 0.15) is 0 Å². The molecule has 0 bridgehead atoms. The van der Waals surface area contributed by atoms with Gasteiger partial charge in [-0.05, 0) is 12.1 Å². The van der Waals surface area contributed by atoms with Crippen LogP contribution in [0.5, 0.6) is 0 Å². The SMILES string of the molecule is C[N+]1(CCC#N)CCN(c2ccccc2Cl)CC1.[I-]. The zero-order valence-electron chi connectivity index (χ0n) is 11.1. The molecule has 19 heavy (non-hydrogen) atoms. The van der Waals surface area contributed by atoms with E-state index >= 15 is 0 Å². The number of anilines is 1. The van der Waals surface area contributed by atoms with E-state index in [0.29, 0.717) is 6.42 Å². The molecule has 1 aromatic carbocycles. The molecule has 0 aromatic heterocycles. The predicted molar refractivity (Wildman–Crippen MR) is 74.7 cm³/mol. The normalized spacial score (nSPS) is 17.4. The van der Waals surface area contributed by atoms with Gasteiger partial charge in [0.15, 0.2) is 0 Å². The Morgan fingerprint density at radius 2 is 1.95 bits per heavy atom. The number of halogens is 2. The Hall–Kier alpha value is -0.510. The summed E-state index contributed by atoms with van der Waals surface area (Å²) in [6.45, 7) is 5.12. The fraction of sp³-hybridized carbons (Fsp3) is 0.500. The molecule has 1 heterocycles. The van der Waals surface area contributed by atoms with Gasteiger partial charge >= 0.3 is 0 Å². The van der Waals surface area contributed by atoms with E-state index in [9.17, 15) is 0 Å². The van der Waals surface area contributed by atoms with Gasteiger partial charge in [0.2, 0.25) is 0 Å². The van der Waals surface area contributed by atoms with Gasteiger partial charge in [-0.3, -0.25) is 0 Å². The summed E-state index contributed by atoms with van der Waals surface area (Å²) in [7, 11) is 2.24. The van der Waals surface area contributed by atoms with Gasteiger partial charge in [0, 0.05) is 0 Å². The average molecular weight is 392 g/mol. The van der Waals surface area contributed by atoms with E-state index in [0.717, 1.165) is 47.9 Å².